The lowest BCUT2D eigenvalue weighted by Crippen LogP contribution is -2.12. The van der Waals surface area contributed by atoms with E-state index in [0.29, 0.717) is 10.5 Å². The molecule has 0 aliphatic carbocycles. The largest absolute Gasteiger partial charge is 0.469 e. The first-order valence-corrected chi connectivity index (χ1v) is 4.57. The fourth-order valence-corrected chi connectivity index (χ4v) is 1.36. The van der Waals surface area contributed by atoms with E-state index in [1.54, 1.807) is 19.1 Å². The van der Waals surface area contributed by atoms with Gasteiger partial charge in [0.15, 0.2) is 0 Å². The van der Waals surface area contributed by atoms with Gasteiger partial charge in [0.1, 0.15) is 5.82 Å². The molecule has 0 amide bonds. The third kappa shape index (κ3) is 2.26. The molecule has 1 aromatic carbocycles. The molecule has 4 heteroatoms. The first kappa shape index (κ1) is 11.0. The van der Waals surface area contributed by atoms with Gasteiger partial charge in [0.2, 0.25) is 0 Å². The van der Waals surface area contributed by atoms with Gasteiger partial charge in [-0.3, -0.25) is 4.79 Å². The number of benzene rings is 1. The summed E-state index contributed by atoms with van der Waals surface area (Å²) < 4.78 is 17.9. The third-order valence-corrected chi connectivity index (χ3v) is 2.28. The number of carbonyl (C=O) groups excluding carboxylic acids is 1. The Kier molecular flexibility index (Phi) is 3.52. The van der Waals surface area contributed by atoms with E-state index in [-0.39, 0.29) is 0 Å². The molecule has 0 saturated heterocycles. The summed E-state index contributed by atoms with van der Waals surface area (Å²) in [6.07, 6.45) is 0. The summed E-state index contributed by atoms with van der Waals surface area (Å²) in [6.45, 7) is 1.60. The van der Waals surface area contributed by atoms with Gasteiger partial charge in [0.25, 0.3) is 0 Å². The normalized spacial score (nSPS) is 12.3. The van der Waals surface area contributed by atoms with Crippen LogP contribution in [0.2, 0.25) is 0 Å². The second kappa shape index (κ2) is 4.46. The van der Waals surface area contributed by atoms with E-state index in [1.807, 2.05) is 0 Å². The van der Waals surface area contributed by atoms with Crippen LogP contribution in [-0.4, -0.2) is 13.1 Å². The van der Waals surface area contributed by atoms with Gasteiger partial charge in [-0.25, -0.2) is 4.39 Å². The Labute approximate surface area is 87.5 Å². The lowest BCUT2D eigenvalue weighted by atomic mass is 10.0. The Hall–Kier alpha value is -1.03. The molecule has 0 aromatic heterocycles. The SMILES string of the molecule is COC(=O)[C@@H](C)c1ccc(S)cc1F. The zero-order valence-electron chi connectivity index (χ0n) is 7.95. The van der Waals surface area contributed by atoms with Crippen molar-refractivity contribution in [2.75, 3.05) is 7.11 Å². The number of ether oxygens (including phenoxy) is 1. The van der Waals surface area contributed by atoms with Crippen molar-refractivity contribution in [3.8, 4) is 0 Å². The van der Waals surface area contributed by atoms with Crippen LogP contribution >= 0.6 is 12.6 Å². The van der Waals surface area contributed by atoms with Crippen LogP contribution in [0.3, 0.4) is 0 Å². The number of carbonyl (C=O) groups is 1. The number of rotatable bonds is 2. The van der Waals surface area contributed by atoms with E-state index in [9.17, 15) is 9.18 Å². The Morgan fingerprint density at radius 1 is 1.57 bits per heavy atom. The third-order valence-electron chi connectivity index (χ3n) is 2.01. The molecule has 0 aliphatic heterocycles. The molecule has 0 bridgehead atoms. The van der Waals surface area contributed by atoms with Gasteiger partial charge in [0.05, 0.1) is 13.0 Å². The molecule has 14 heavy (non-hydrogen) atoms. The fraction of sp³-hybridized carbons (Fsp3) is 0.300. The summed E-state index contributed by atoms with van der Waals surface area (Å²) in [5.41, 5.74) is 0.328. The zero-order chi connectivity index (χ0) is 10.7. The van der Waals surface area contributed by atoms with Gasteiger partial charge < -0.3 is 4.74 Å². The second-order valence-corrected chi connectivity index (χ2v) is 3.47. The minimum atomic E-state index is -0.589. The molecular formula is C10H11FO2S. The number of hydrogen-bond donors (Lipinski definition) is 1. The Morgan fingerprint density at radius 2 is 2.21 bits per heavy atom. The van der Waals surface area contributed by atoms with E-state index in [2.05, 4.69) is 17.4 Å². The van der Waals surface area contributed by atoms with E-state index in [1.165, 1.54) is 13.2 Å². The molecule has 0 aliphatic rings. The number of thiol groups is 1. The summed E-state index contributed by atoms with van der Waals surface area (Å²) in [7, 11) is 1.28. The smallest absolute Gasteiger partial charge is 0.312 e. The highest BCUT2D eigenvalue weighted by atomic mass is 32.1. The molecule has 2 nitrogen and oxygen atoms in total. The molecule has 0 spiro atoms. The lowest BCUT2D eigenvalue weighted by Gasteiger charge is -2.10. The predicted molar refractivity (Wildman–Crippen MR) is 54.1 cm³/mol. The topological polar surface area (TPSA) is 26.3 Å². The number of hydrogen-bond acceptors (Lipinski definition) is 3. The summed E-state index contributed by atoms with van der Waals surface area (Å²) in [6, 6.07) is 4.46. The molecule has 0 unspecified atom stereocenters. The molecule has 1 atom stereocenters. The average molecular weight is 214 g/mol. The van der Waals surface area contributed by atoms with E-state index >= 15 is 0 Å². The highest BCUT2D eigenvalue weighted by Crippen LogP contribution is 2.22. The van der Waals surface area contributed by atoms with Crippen molar-refractivity contribution in [1.29, 1.82) is 0 Å². The number of esters is 1. The van der Waals surface area contributed by atoms with Crippen LogP contribution in [0.4, 0.5) is 4.39 Å². The summed E-state index contributed by atoms with van der Waals surface area (Å²) in [4.78, 5) is 11.7. The van der Waals surface area contributed by atoms with Crippen LogP contribution in [0.15, 0.2) is 23.1 Å². The van der Waals surface area contributed by atoms with E-state index in [0.717, 1.165) is 0 Å². The van der Waals surface area contributed by atoms with Crippen LogP contribution in [0.25, 0.3) is 0 Å². The van der Waals surface area contributed by atoms with Crippen LogP contribution in [0.1, 0.15) is 18.4 Å². The van der Waals surface area contributed by atoms with Crippen LogP contribution in [0, 0.1) is 5.82 Å². The highest BCUT2D eigenvalue weighted by Gasteiger charge is 2.18. The molecule has 76 valence electrons. The average Bonchev–Trinajstić information content (AvgIpc) is 2.15. The Balaban J connectivity index is 3.01. The molecule has 0 N–H and O–H groups in total. The van der Waals surface area contributed by atoms with Gasteiger partial charge in [0, 0.05) is 10.5 Å². The van der Waals surface area contributed by atoms with Crippen LogP contribution in [0.5, 0.6) is 0 Å². The van der Waals surface area contributed by atoms with Crippen molar-refractivity contribution in [1.82, 2.24) is 0 Å². The van der Waals surface area contributed by atoms with Crippen molar-refractivity contribution >= 4 is 18.6 Å². The first-order chi connectivity index (χ1) is 6.56. The fourth-order valence-electron chi connectivity index (χ4n) is 1.17. The van der Waals surface area contributed by atoms with Gasteiger partial charge in [-0.1, -0.05) is 6.07 Å². The van der Waals surface area contributed by atoms with Crippen LogP contribution < -0.4 is 0 Å². The summed E-state index contributed by atoms with van der Waals surface area (Å²) in [5, 5.41) is 0. The second-order valence-electron chi connectivity index (χ2n) is 2.95. The van der Waals surface area contributed by atoms with Crippen molar-refractivity contribution < 1.29 is 13.9 Å². The Bertz CT molecular complexity index is 352. The molecule has 0 fully saturated rings. The van der Waals surface area contributed by atoms with Crippen molar-refractivity contribution in [3.05, 3.63) is 29.6 Å². The van der Waals surface area contributed by atoms with Crippen molar-refractivity contribution in [2.24, 2.45) is 0 Å². The lowest BCUT2D eigenvalue weighted by molar-refractivity contribution is -0.142. The maximum atomic E-state index is 13.3. The standard InChI is InChI=1S/C10H11FO2S/c1-6(10(12)13-2)8-4-3-7(14)5-9(8)11/h3-6,14H,1-2H3/t6-/m0/s1. The molecule has 1 rings (SSSR count). The quantitative estimate of drug-likeness (QED) is 0.604. The first-order valence-electron chi connectivity index (χ1n) is 4.12. The maximum Gasteiger partial charge on any atom is 0.312 e. The minimum Gasteiger partial charge on any atom is -0.469 e. The van der Waals surface area contributed by atoms with Gasteiger partial charge in [-0.15, -0.1) is 12.6 Å². The van der Waals surface area contributed by atoms with Gasteiger partial charge in [-0.2, -0.15) is 0 Å². The van der Waals surface area contributed by atoms with Gasteiger partial charge in [-0.05, 0) is 19.1 Å². The number of methoxy groups -OCH3 is 1. The van der Waals surface area contributed by atoms with E-state index in [4.69, 9.17) is 0 Å². The number of halogens is 1. The van der Waals surface area contributed by atoms with Crippen molar-refractivity contribution in [2.45, 2.75) is 17.7 Å². The minimum absolute atomic E-state index is 0.328. The van der Waals surface area contributed by atoms with Crippen molar-refractivity contribution in [3.63, 3.8) is 0 Å². The van der Waals surface area contributed by atoms with E-state index < -0.39 is 17.7 Å². The monoisotopic (exact) mass is 214 g/mol. The van der Waals surface area contributed by atoms with Crippen LogP contribution in [-0.2, 0) is 9.53 Å². The highest BCUT2D eigenvalue weighted by molar-refractivity contribution is 7.80. The maximum absolute atomic E-state index is 13.3. The molecule has 0 radical (unpaired) electrons. The van der Waals surface area contributed by atoms with Gasteiger partial charge >= 0.3 is 5.97 Å². The predicted octanol–water partition coefficient (Wildman–Crippen LogP) is 2.39. The summed E-state index contributed by atoms with van der Waals surface area (Å²) >= 11 is 3.99. The summed E-state index contributed by atoms with van der Waals surface area (Å²) in [5.74, 6) is -1.47. The molecule has 0 heterocycles. The zero-order valence-corrected chi connectivity index (χ0v) is 8.85. The molecule has 1 aromatic rings. The molecule has 0 saturated carbocycles. The molecular weight excluding hydrogens is 203 g/mol. The Morgan fingerprint density at radius 3 is 2.71 bits per heavy atom.